The van der Waals surface area contributed by atoms with Crippen LogP contribution in [0.3, 0.4) is 0 Å². The molecule has 9 heteroatoms. The van der Waals surface area contributed by atoms with E-state index in [0.29, 0.717) is 31.3 Å². The summed E-state index contributed by atoms with van der Waals surface area (Å²) in [7, 11) is -2.29. The first-order chi connectivity index (χ1) is 15.6. The summed E-state index contributed by atoms with van der Waals surface area (Å²) in [5.74, 6) is 0.577. The van der Waals surface area contributed by atoms with Crippen LogP contribution in [0.5, 0.6) is 5.75 Å². The third-order valence-corrected chi connectivity index (χ3v) is 9.80. The van der Waals surface area contributed by atoms with Crippen molar-refractivity contribution in [1.82, 2.24) is 9.62 Å². The first-order valence-electron chi connectivity index (χ1n) is 11.7. The number of methoxy groups -OCH3 is 1. The van der Waals surface area contributed by atoms with Crippen molar-refractivity contribution >= 4 is 15.9 Å². The second-order valence-corrected chi connectivity index (χ2v) is 12.2. The highest BCUT2D eigenvalue weighted by molar-refractivity contribution is 7.89. The van der Waals surface area contributed by atoms with Gasteiger partial charge in [-0.2, -0.15) is 4.31 Å². The zero-order chi connectivity index (χ0) is 23.9. The van der Waals surface area contributed by atoms with Crippen molar-refractivity contribution in [2.45, 2.75) is 51.0 Å². The zero-order valence-corrected chi connectivity index (χ0v) is 20.9. The summed E-state index contributed by atoms with van der Waals surface area (Å²) in [4.78, 5) is 13.3. The van der Waals surface area contributed by atoms with Crippen LogP contribution in [0.15, 0.2) is 23.1 Å². The Morgan fingerprint density at radius 3 is 2.58 bits per heavy atom. The second kappa shape index (κ2) is 9.17. The van der Waals surface area contributed by atoms with Crippen molar-refractivity contribution < 1.29 is 27.4 Å². The van der Waals surface area contributed by atoms with Gasteiger partial charge in [0.15, 0.2) is 0 Å². The molecule has 2 bridgehead atoms. The third kappa shape index (κ3) is 4.52. The van der Waals surface area contributed by atoms with E-state index < -0.39 is 10.0 Å². The van der Waals surface area contributed by atoms with E-state index >= 15 is 0 Å². The molecule has 0 aromatic heterocycles. The monoisotopic (exact) mass is 480 g/mol. The minimum absolute atomic E-state index is 0.00608. The molecule has 1 heterocycles. The summed E-state index contributed by atoms with van der Waals surface area (Å²) in [6.45, 7) is 8.49. The number of nitrogens with one attached hydrogen (secondary N) is 1. The molecule has 1 aliphatic heterocycles. The van der Waals surface area contributed by atoms with E-state index in [0.717, 1.165) is 12.8 Å². The molecule has 0 radical (unpaired) electrons. The SMILES string of the molecule is COCCOc1ccc(C(=O)NC2C(C)(C)[C@@H]3CC[C@]2(C)C3)cc1S(=O)(=O)N1CCOCC1. The molecule has 1 saturated heterocycles. The molecule has 2 saturated carbocycles. The number of nitrogens with zero attached hydrogens (tertiary/aromatic N) is 1. The highest BCUT2D eigenvalue weighted by Crippen LogP contribution is 2.62. The van der Waals surface area contributed by atoms with Crippen molar-refractivity contribution in [2.75, 3.05) is 46.6 Å². The van der Waals surface area contributed by atoms with Crippen molar-refractivity contribution in [3.63, 3.8) is 0 Å². The Bertz CT molecular complexity index is 984. The molecule has 1 aromatic carbocycles. The zero-order valence-electron chi connectivity index (χ0n) is 20.1. The molecule has 2 aliphatic carbocycles. The van der Waals surface area contributed by atoms with Crippen molar-refractivity contribution in [2.24, 2.45) is 16.7 Å². The summed E-state index contributed by atoms with van der Waals surface area (Å²) in [5.41, 5.74) is 0.410. The lowest BCUT2D eigenvalue weighted by molar-refractivity contribution is 0.0727. The van der Waals surface area contributed by atoms with Crippen molar-refractivity contribution in [3.8, 4) is 5.75 Å². The minimum Gasteiger partial charge on any atom is -0.490 e. The van der Waals surface area contributed by atoms with Crippen LogP contribution in [0.2, 0.25) is 0 Å². The van der Waals surface area contributed by atoms with E-state index in [1.165, 1.54) is 16.8 Å². The molecule has 33 heavy (non-hydrogen) atoms. The topological polar surface area (TPSA) is 94.2 Å². The first kappa shape index (κ1) is 24.4. The maximum Gasteiger partial charge on any atom is 0.251 e. The number of morpholine rings is 1. The smallest absolute Gasteiger partial charge is 0.251 e. The number of hydrogen-bond donors (Lipinski definition) is 1. The van der Waals surface area contributed by atoms with E-state index in [2.05, 4.69) is 26.1 Å². The predicted molar refractivity (Wildman–Crippen MR) is 124 cm³/mol. The maximum atomic E-state index is 13.4. The van der Waals surface area contributed by atoms with Crippen LogP contribution in [0, 0.1) is 16.7 Å². The molecule has 1 aromatic rings. The van der Waals surface area contributed by atoms with Crippen LogP contribution in [-0.4, -0.2) is 71.3 Å². The van der Waals surface area contributed by atoms with Gasteiger partial charge in [0.25, 0.3) is 5.91 Å². The average Bonchev–Trinajstić information content (AvgIpc) is 3.28. The maximum absolute atomic E-state index is 13.4. The first-order valence-corrected chi connectivity index (χ1v) is 13.2. The van der Waals surface area contributed by atoms with Crippen LogP contribution in [0.25, 0.3) is 0 Å². The largest absolute Gasteiger partial charge is 0.490 e. The summed E-state index contributed by atoms with van der Waals surface area (Å²) in [6, 6.07) is 4.71. The number of rotatable bonds is 8. The van der Waals surface area contributed by atoms with Crippen LogP contribution in [0.1, 0.15) is 50.4 Å². The highest BCUT2D eigenvalue weighted by Gasteiger charge is 2.59. The number of amides is 1. The number of sulfonamides is 1. The Kier molecular flexibility index (Phi) is 6.79. The third-order valence-electron chi connectivity index (χ3n) is 7.88. The number of benzene rings is 1. The fourth-order valence-electron chi connectivity index (χ4n) is 6.01. The van der Waals surface area contributed by atoms with Gasteiger partial charge in [-0.05, 0) is 54.2 Å². The number of carbonyl (C=O) groups is 1. The summed E-state index contributed by atoms with van der Waals surface area (Å²) in [6.07, 6.45) is 3.42. The van der Waals surface area contributed by atoms with E-state index in [4.69, 9.17) is 14.2 Å². The summed E-state index contributed by atoms with van der Waals surface area (Å²) >= 11 is 0. The minimum atomic E-state index is -3.85. The van der Waals surface area contributed by atoms with Crippen LogP contribution >= 0.6 is 0 Å². The quantitative estimate of drug-likeness (QED) is 0.575. The molecule has 1 N–H and O–H groups in total. The van der Waals surface area contributed by atoms with E-state index in [1.807, 2.05) is 0 Å². The van der Waals surface area contributed by atoms with Gasteiger partial charge in [-0.25, -0.2) is 8.42 Å². The molecule has 3 aliphatic rings. The fraction of sp³-hybridized carbons (Fsp3) is 0.708. The van der Waals surface area contributed by atoms with E-state index in [9.17, 15) is 13.2 Å². The molecule has 3 atom stereocenters. The van der Waals surface area contributed by atoms with Gasteiger partial charge in [-0.3, -0.25) is 4.79 Å². The normalized spacial score (nSPS) is 29.2. The van der Waals surface area contributed by atoms with Crippen molar-refractivity contribution in [3.05, 3.63) is 23.8 Å². The Morgan fingerprint density at radius 2 is 1.94 bits per heavy atom. The molecule has 8 nitrogen and oxygen atoms in total. The number of fused-ring (bicyclic) bond motifs is 2. The van der Waals surface area contributed by atoms with Gasteiger partial charge >= 0.3 is 0 Å². The molecule has 1 unspecified atom stereocenters. The lowest BCUT2D eigenvalue weighted by Gasteiger charge is -2.43. The lowest BCUT2D eigenvalue weighted by atomic mass is 9.68. The second-order valence-electron chi connectivity index (χ2n) is 10.3. The Morgan fingerprint density at radius 1 is 1.21 bits per heavy atom. The molecule has 1 amide bonds. The fourth-order valence-corrected chi connectivity index (χ4v) is 7.57. The van der Waals surface area contributed by atoms with Crippen LogP contribution < -0.4 is 10.1 Å². The molecule has 0 spiro atoms. The molecule has 184 valence electrons. The van der Waals surface area contributed by atoms with Gasteiger partial charge in [-0.1, -0.05) is 20.8 Å². The van der Waals surface area contributed by atoms with Gasteiger partial charge in [0, 0.05) is 31.8 Å². The Balaban J connectivity index is 1.62. The van der Waals surface area contributed by atoms with Gasteiger partial charge in [0.1, 0.15) is 17.3 Å². The van der Waals surface area contributed by atoms with Gasteiger partial charge in [0.2, 0.25) is 10.0 Å². The molecule has 4 rings (SSSR count). The Hall–Kier alpha value is -1.68. The standard InChI is InChI=1S/C24H36N2O6S/c1-23(2)18-7-8-24(3,16-18)22(23)25-21(27)17-5-6-19(32-14-13-30-4)20(15-17)33(28,29)26-9-11-31-12-10-26/h5-6,15,18,22H,7-14,16H2,1-4H3,(H,25,27)/t18-,22?,24-/m1/s1. The molecular weight excluding hydrogens is 444 g/mol. The van der Waals surface area contributed by atoms with Crippen LogP contribution in [0.4, 0.5) is 0 Å². The number of hydrogen-bond acceptors (Lipinski definition) is 6. The van der Waals surface area contributed by atoms with E-state index in [1.54, 1.807) is 19.2 Å². The summed E-state index contributed by atoms with van der Waals surface area (Å²) in [5, 5.41) is 3.26. The number of carbonyl (C=O) groups excluding carboxylic acids is 1. The van der Waals surface area contributed by atoms with E-state index in [-0.39, 0.29) is 53.1 Å². The molecular formula is C24H36N2O6S. The summed E-state index contributed by atoms with van der Waals surface area (Å²) < 4.78 is 44.3. The predicted octanol–water partition coefficient (Wildman–Crippen LogP) is 2.68. The average molecular weight is 481 g/mol. The highest BCUT2D eigenvalue weighted by atomic mass is 32.2. The van der Waals surface area contributed by atoms with Gasteiger partial charge in [0.05, 0.1) is 19.8 Å². The lowest BCUT2D eigenvalue weighted by Crippen LogP contribution is -2.52. The van der Waals surface area contributed by atoms with Gasteiger partial charge < -0.3 is 19.5 Å². The Labute approximate surface area is 197 Å². The van der Waals surface area contributed by atoms with Gasteiger partial charge in [-0.15, -0.1) is 0 Å². The van der Waals surface area contributed by atoms with Crippen molar-refractivity contribution in [1.29, 1.82) is 0 Å². The molecule has 3 fully saturated rings. The van der Waals surface area contributed by atoms with Crippen LogP contribution in [-0.2, 0) is 19.5 Å². The number of ether oxygens (including phenoxy) is 3.